The molecule has 0 bridgehead atoms. The highest BCUT2D eigenvalue weighted by Crippen LogP contribution is 2.51. The number of nitrogens with one attached hydrogen (secondary N) is 2. The first-order chi connectivity index (χ1) is 22.7. The molecule has 2 aliphatic rings. The molecule has 14 heteroatoms. The standard InChI is InChI=1S/C35H52N4O8SSi/c1-13-43-30(41)25-24(37-31(48-10)38-29(40)21-17-15-14-16-18-21)22(19-36-25)26-28-27(45-35(8,9)46-28)23(20-44-49(11,12)34(5,6)7)39(26)32(42)47-33(2,3)4/h14-19,23,26-28,36H,13,20H2,1-12H3,(H,37,38,40). The number of amides is 2. The first-order valence-corrected chi connectivity index (χ1v) is 20.7. The Morgan fingerprint density at radius 3 is 2.27 bits per heavy atom. The summed E-state index contributed by atoms with van der Waals surface area (Å²) in [7, 11) is -2.27. The minimum atomic E-state index is -2.27. The number of hydrogen-bond acceptors (Lipinski definition) is 10. The van der Waals surface area contributed by atoms with E-state index >= 15 is 0 Å². The number of carbonyl (C=O) groups excluding carboxylic acids is 3. The molecule has 270 valence electrons. The Bertz CT molecular complexity index is 1550. The van der Waals surface area contributed by atoms with Crippen LogP contribution in [0, 0.1) is 0 Å². The fourth-order valence-electron chi connectivity index (χ4n) is 5.58. The average Bonchev–Trinajstić information content (AvgIpc) is 3.63. The molecule has 3 heterocycles. The number of esters is 1. The van der Waals surface area contributed by atoms with Gasteiger partial charge in [-0.3, -0.25) is 9.69 Å². The zero-order chi connectivity index (χ0) is 36.5. The summed E-state index contributed by atoms with van der Waals surface area (Å²) in [6, 6.07) is 7.34. The third-order valence-electron chi connectivity index (χ3n) is 8.88. The number of ether oxygens (including phenoxy) is 4. The van der Waals surface area contributed by atoms with Crippen molar-refractivity contribution in [1.82, 2.24) is 15.2 Å². The van der Waals surface area contributed by atoms with Gasteiger partial charge in [-0.1, -0.05) is 50.7 Å². The van der Waals surface area contributed by atoms with E-state index in [1.165, 1.54) is 11.8 Å². The number of carbonyl (C=O) groups is 3. The van der Waals surface area contributed by atoms with Crippen LogP contribution in [0.25, 0.3) is 0 Å². The first kappa shape index (κ1) is 38.6. The van der Waals surface area contributed by atoms with E-state index in [4.69, 9.17) is 28.4 Å². The van der Waals surface area contributed by atoms with Gasteiger partial charge < -0.3 is 33.7 Å². The molecule has 2 fully saturated rings. The molecule has 1 aromatic carbocycles. The van der Waals surface area contributed by atoms with Crippen molar-refractivity contribution >= 4 is 48.9 Å². The van der Waals surface area contributed by atoms with Crippen LogP contribution in [0.5, 0.6) is 0 Å². The van der Waals surface area contributed by atoms with Gasteiger partial charge in [0.25, 0.3) is 5.91 Å². The van der Waals surface area contributed by atoms with Crippen molar-refractivity contribution in [2.75, 3.05) is 19.5 Å². The lowest BCUT2D eigenvalue weighted by Crippen LogP contribution is -2.50. The molecule has 2 amide bonds. The fraction of sp³-hybridized carbons (Fsp3) is 0.600. The van der Waals surface area contributed by atoms with E-state index in [2.05, 4.69) is 44.2 Å². The number of benzene rings is 1. The SMILES string of the molecule is CCOC(=O)c1[nH]cc(C2C3OC(C)(C)OC3C(CO[Si](C)(C)C(C)(C)C)N2C(=O)OC(C)(C)C)c1N=C(NC(=O)c1ccccc1)SC. The van der Waals surface area contributed by atoms with Crippen LogP contribution in [-0.4, -0.2) is 90.4 Å². The van der Waals surface area contributed by atoms with Gasteiger partial charge in [-0.15, -0.1) is 0 Å². The number of H-pyrrole nitrogens is 1. The highest BCUT2D eigenvalue weighted by atomic mass is 32.2. The van der Waals surface area contributed by atoms with Gasteiger partial charge in [0.05, 0.1) is 25.3 Å². The van der Waals surface area contributed by atoms with Crippen LogP contribution in [0.3, 0.4) is 0 Å². The van der Waals surface area contributed by atoms with E-state index in [1.807, 2.05) is 19.9 Å². The van der Waals surface area contributed by atoms with Crippen molar-refractivity contribution in [1.29, 1.82) is 0 Å². The molecule has 4 unspecified atom stereocenters. The second-order valence-corrected chi connectivity index (χ2v) is 20.8. The predicted molar refractivity (Wildman–Crippen MR) is 193 cm³/mol. The molecule has 4 rings (SSSR count). The molecule has 2 saturated heterocycles. The van der Waals surface area contributed by atoms with Crippen molar-refractivity contribution < 1.29 is 37.8 Å². The van der Waals surface area contributed by atoms with Gasteiger partial charge in [0, 0.05) is 17.3 Å². The second kappa shape index (κ2) is 14.6. The second-order valence-electron chi connectivity index (χ2n) is 15.2. The zero-order valence-corrected chi connectivity index (χ0v) is 32.6. The van der Waals surface area contributed by atoms with E-state index in [0.717, 1.165) is 0 Å². The summed E-state index contributed by atoms with van der Waals surface area (Å²) in [4.78, 5) is 50.2. The fourth-order valence-corrected chi connectivity index (χ4v) is 6.98. The molecule has 4 atom stereocenters. The highest BCUT2D eigenvalue weighted by molar-refractivity contribution is 8.13. The summed E-state index contributed by atoms with van der Waals surface area (Å²) >= 11 is 1.20. The molecular weight excluding hydrogens is 665 g/mol. The smallest absolute Gasteiger partial charge is 0.411 e. The molecule has 2 N–H and O–H groups in total. The maximum absolute atomic E-state index is 14.3. The Morgan fingerprint density at radius 2 is 1.69 bits per heavy atom. The number of aromatic nitrogens is 1. The number of amidine groups is 1. The summed E-state index contributed by atoms with van der Waals surface area (Å²) in [6.07, 6.45) is 1.55. The summed E-state index contributed by atoms with van der Waals surface area (Å²) in [5, 5.41) is 3.01. The van der Waals surface area contributed by atoms with E-state index < -0.39 is 56.1 Å². The lowest BCUT2D eigenvalue weighted by atomic mass is 10.0. The molecule has 0 spiro atoms. The minimum Gasteiger partial charge on any atom is -0.461 e. The Kier molecular flexibility index (Phi) is 11.5. The number of nitrogens with zero attached hydrogens (tertiary/aromatic N) is 2. The van der Waals surface area contributed by atoms with Gasteiger partial charge in [-0.25, -0.2) is 14.6 Å². The van der Waals surface area contributed by atoms with Crippen LogP contribution in [-0.2, 0) is 23.4 Å². The number of aromatic amines is 1. The minimum absolute atomic E-state index is 0.0668. The van der Waals surface area contributed by atoms with Gasteiger partial charge in [0.2, 0.25) is 0 Å². The Hall–Kier alpha value is -3.17. The normalized spacial score (nSPS) is 22.5. The summed E-state index contributed by atoms with van der Waals surface area (Å²) in [5.74, 6) is -1.97. The van der Waals surface area contributed by atoms with E-state index in [1.54, 1.807) is 69.3 Å². The molecule has 1 aromatic heterocycles. The maximum Gasteiger partial charge on any atom is 0.411 e. The monoisotopic (exact) mass is 716 g/mol. The number of fused-ring (bicyclic) bond motifs is 1. The number of likely N-dealkylation sites (tertiary alicyclic amines) is 1. The van der Waals surface area contributed by atoms with Gasteiger partial charge in [0.1, 0.15) is 23.5 Å². The van der Waals surface area contributed by atoms with Crippen LogP contribution in [0.2, 0.25) is 18.1 Å². The molecule has 2 aliphatic heterocycles. The quantitative estimate of drug-likeness (QED) is 0.126. The van der Waals surface area contributed by atoms with Gasteiger partial charge in [-0.05, 0) is 78.1 Å². The van der Waals surface area contributed by atoms with Gasteiger partial charge >= 0.3 is 12.1 Å². The molecular formula is C35H52N4O8SSi. The van der Waals surface area contributed by atoms with Crippen molar-refractivity contribution in [3.63, 3.8) is 0 Å². The molecule has 0 aliphatic carbocycles. The van der Waals surface area contributed by atoms with E-state index in [0.29, 0.717) is 11.1 Å². The Labute approximate surface area is 295 Å². The van der Waals surface area contributed by atoms with Crippen molar-refractivity contribution in [3.8, 4) is 0 Å². The van der Waals surface area contributed by atoms with Crippen LogP contribution < -0.4 is 5.32 Å². The predicted octanol–water partition coefficient (Wildman–Crippen LogP) is 7.17. The number of aliphatic imine (C=N–C) groups is 1. The lowest BCUT2D eigenvalue weighted by molar-refractivity contribution is -0.168. The zero-order valence-electron chi connectivity index (χ0n) is 30.8. The number of rotatable bonds is 8. The Morgan fingerprint density at radius 1 is 1.06 bits per heavy atom. The van der Waals surface area contributed by atoms with Gasteiger partial charge in [0.15, 0.2) is 25.0 Å². The topological polar surface area (TPSA) is 141 Å². The van der Waals surface area contributed by atoms with Crippen molar-refractivity contribution in [3.05, 3.63) is 53.3 Å². The van der Waals surface area contributed by atoms with Crippen molar-refractivity contribution in [2.45, 2.75) is 116 Å². The maximum atomic E-state index is 14.3. The van der Waals surface area contributed by atoms with Crippen LogP contribution in [0.1, 0.15) is 94.8 Å². The van der Waals surface area contributed by atoms with Gasteiger partial charge in [-0.2, -0.15) is 0 Å². The summed E-state index contributed by atoms with van der Waals surface area (Å²) in [6.45, 7) is 21.9. The number of hydrogen-bond donors (Lipinski definition) is 2. The molecule has 2 aromatic rings. The largest absolute Gasteiger partial charge is 0.461 e. The number of thioether (sulfide) groups is 1. The average molecular weight is 717 g/mol. The first-order valence-electron chi connectivity index (χ1n) is 16.6. The van der Waals surface area contributed by atoms with E-state index in [9.17, 15) is 14.4 Å². The van der Waals surface area contributed by atoms with Crippen LogP contribution in [0.4, 0.5) is 10.5 Å². The van der Waals surface area contributed by atoms with Crippen LogP contribution in [0.15, 0.2) is 41.5 Å². The van der Waals surface area contributed by atoms with Crippen molar-refractivity contribution in [2.24, 2.45) is 4.99 Å². The lowest BCUT2D eigenvalue weighted by Gasteiger charge is -2.40. The summed E-state index contributed by atoms with van der Waals surface area (Å²) in [5.41, 5.74) is 0.376. The molecule has 49 heavy (non-hydrogen) atoms. The molecule has 0 saturated carbocycles. The van der Waals surface area contributed by atoms with Crippen LogP contribution >= 0.6 is 11.8 Å². The Balaban J connectivity index is 1.88. The third kappa shape index (κ3) is 8.77. The van der Waals surface area contributed by atoms with E-state index in [-0.39, 0.29) is 40.7 Å². The third-order valence-corrected chi connectivity index (χ3v) is 14.0. The molecule has 12 nitrogen and oxygen atoms in total. The highest BCUT2D eigenvalue weighted by Gasteiger charge is 2.61. The molecule has 0 radical (unpaired) electrons. The summed E-state index contributed by atoms with van der Waals surface area (Å²) < 4.78 is 31.1.